The molecule has 0 fully saturated rings. The number of benzene rings is 2. The number of hydrogen-bond acceptors (Lipinski definition) is 6. The van der Waals surface area contributed by atoms with Gasteiger partial charge in [-0.05, 0) is 30.3 Å². The molecule has 6 heteroatoms. The number of carbonyl (C=O) groups excluding carboxylic acids is 1. The van der Waals surface area contributed by atoms with Gasteiger partial charge in [0.15, 0.2) is 23.5 Å². The van der Waals surface area contributed by atoms with Crippen molar-refractivity contribution in [3.8, 4) is 17.2 Å². The molecule has 0 saturated carbocycles. The van der Waals surface area contributed by atoms with Crippen molar-refractivity contribution < 1.29 is 23.4 Å². The van der Waals surface area contributed by atoms with E-state index in [0.29, 0.717) is 33.9 Å². The second-order valence-electron chi connectivity index (χ2n) is 4.44. The molecule has 4 rings (SSSR count). The normalized spacial score (nSPS) is 12.6. The summed E-state index contributed by atoms with van der Waals surface area (Å²) in [6.07, 6.45) is 1.34. The molecule has 6 nitrogen and oxygen atoms in total. The van der Waals surface area contributed by atoms with E-state index in [0.717, 1.165) is 0 Å². The fourth-order valence-corrected chi connectivity index (χ4v) is 2.09. The van der Waals surface area contributed by atoms with Crippen molar-refractivity contribution in [1.82, 2.24) is 4.98 Å². The smallest absolute Gasteiger partial charge is 0.343 e. The minimum atomic E-state index is -0.476. The van der Waals surface area contributed by atoms with E-state index in [1.165, 1.54) is 6.39 Å². The number of rotatable bonds is 2. The molecule has 0 unspecified atom stereocenters. The zero-order chi connectivity index (χ0) is 14.2. The van der Waals surface area contributed by atoms with E-state index in [9.17, 15) is 4.79 Å². The SMILES string of the molecule is O=C(Oc1ccc2ocnc2c1)c1ccc2c(c1)OCO2. The molecule has 21 heavy (non-hydrogen) atoms. The first-order valence-corrected chi connectivity index (χ1v) is 6.25. The molecule has 0 aliphatic carbocycles. The molecule has 0 amide bonds. The summed E-state index contributed by atoms with van der Waals surface area (Å²) < 4.78 is 20.9. The largest absolute Gasteiger partial charge is 0.454 e. The van der Waals surface area contributed by atoms with Gasteiger partial charge in [-0.15, -0.1) is 0 Å². The van der Waals surface area contributed by atoms with Crippen molar-refractivity contribution in [2.75, 3.05) is 6.79 Å². The minimum Gasteiger partial charge on any atom is -0.454 e. The van der Waals surface area contributed by atoms with Gasteiger partial charge in [-0.2, -0.15) is 0 Å². The van der Waals surface area contributed by atoms with Crippen LogP contribution >= 0.6 is 0 Å². The van der Waals surface area contributed by atoms with Crippen LogP contribution in [0.5, 0.6) is 17.2 Å². The summed E-state index contributed by atoms with van der Waals surface area (Å²) in [6, 6.07) is 9.90. The Labute approximate surface area is 118 Å². The Morgan fingerprint density at radius 3 is 2.95 bits per heavy atom. The minimum absolute atomic E-state index is 0.163. The van der Waals surface area contributed by atoms with E-state index in [-0.39, 0.29) is 6.79 Å². The van der Waals surface area contributed by atoms with Gasteiger partial charge in [0, 0.05) is 6.07 Å². The summed E-state index contributed by atoms with van der Waals surface area (Å²) >= 11 is 0. The van der Waals surface area contributed by atoms with E-state index in [1.54, 1.807) is 36.4 Å². The van der Waals surface area contributed by atoms with Crippen LogP contribution in [-0.4, -0.2) is 17.7 Å². The number of oxazole rings is 1. The van der Waals surface area contributed by atoms with Crippen molar-refractivity contribution in [2.24, 2.45) is 0 Å². The van der Waals surface area contributed by atoms with Crippen LogP contribution < -0.4 is 14.2 Å². The average molecular weight is 283 g/mol. The molecule has 1 aliphatic rings. The van der Waals surface area contributed by atoms with Gasteiger partial charge in [0.05, 0.1) is 5.56 Å². The highest BCUT2D eigenvalue weighted by atomic mass is 16.7. The Morgan fingerprint density at radius 1 is 1.10 bits per heavy atom. The van der Waals surface area contributed by atoms with Crippen LogP contribution in [-0.2, 0) is 0 Å². The first-order chi connectivity index (χ1) is 10.3. The Morgan fingerprint density at radius 2 is 2.00 bits per heavy atom. The molecule has 2 heterocycles. The quantitative estimate of drug-likeness (QED) is 0.532. The maximum absolute atomic E-state index is 12.1. The predicted molar refractivity (Wildman–Crippen MR) is 71.5 cm³/mol. The van der Waals surface area contributed by atoms with Crippen LogP contribution in [0.2, 0.25) is 0 Å². The van der Waals surface area contributed by atoms with Crippen LogP contribution in [0, 0.1) is 0 Å². The van der Waals surface area contributed by atoms with Crippen molar-refractivity contribution in [2.45, 2.75) is 0 Å². The first-order valence-electron chi connectivity index (χ1n) is 6.25. The van der Waals surface area contributed by atoms with Crippen molar-refractivity contribution in [3.63, 3.8) is 0 Å². The number of ether oxygens (including phenoxy) is 3. The molecular weight excluding hydrogens is 274 g/mol. The topological polar surface area (TPSA) is 70.8 Å². The van der Waals surface area contributed by atoms with E-state index < -0.39 is 5.97 Å². The average Bonchev–Trinajstić information content (AvgIpc) is 3.14. The zero-order valence-corrected chi connectivity index (χ0v) is 10.7. The van der Waals surface area contributed by atoms with Crippen molar-refractivity contribution in [3.05, 3.63) is 48.4 Å². The van der Waals surface area contributed by atoms with Crippen LogP contribution in [0.3, 0.4) is 0 Å². The summed E-state index contributed by atoms with van der Waals surface area (Å²) in [4.78, 5) is 16.1. The molecule has 104 valence electrons. The summed E-state index contributed by atoms with van der Waals surface area (Å²) in [5.74, 6) is 1.09. The lowest BCUT2D eigenvalue weighted by atomic mass is 10.2. The standard InChI is InChI=1S/C15H9NO5/c17-15(9-1-3-13-14(5-9)20-8-19-13)21-10-2-4-12-11(6-10)16-7-18-12/h1-7H,8H2. The summed E-state index contributed by atoms with van der Waals surface area (Å²) in [5, 5.41) is 0. The molecular formula is C15H9NO5. The Kier molecular flexibility index (Phi) is 2.53. The molecule has 1 aliphatic heterocycles. The summed E-state index contributed by atoms with van der Waals surface area (Å²) in [5.41, 5.74) is 1.66. The third-order valence-electron chi connectivity index (χ3n) is 3.12. The predicted octanol–water partition coefficient (Wildman–Crippen LogP) is 2.78. The van der Waals surface area contributed by atoms with Gasteiger partial charge in [0.1, 0.15) is 11.3 Å². The highest BCUT2D eigenvalue weighted by Crippen LogP contribution is 2.32. The van der Waals surface area contributed by atoms with Crippen molar-refractivity contribution in [1.29, 1.82) is 0 Å². The monoisotopic (exact) mass is 283 g/mol. The fraction of sp³-hybridized carbons (Fsp3) is 0.0667. The zero-order valence-electron chi connectivity index (χ0n) is 10.7. The van der Waals surface area contributed by atoms with E-state index in [2.05, 4.69) is 4.98 Å². The Bertz CT molecular complexity index is 839. The van der Waals surface area contributed by atoms with E-state index >= 15 is 0 Å². The molecule has 0 radical (unpaired) electrons. The molecule has 0 saturated heterocycles. The lowest BCUT2D eigenvalue weighted by Gasteiger charge is -2.04. The number of carbonyl (C=O) groups is 1. The third kappa shape index (κ3) is 2.06. The molecule has 0 spiro atoms. The maximum Gasteiger partial charge on any atom is 0.343 e. The highest BCUT2D eigenvalue weighted by Gasteiger charge is 2.17. The van der Waals surface area contributed by atoms with E-state index in [1.807, 2.05) is 0 Å². The third-order valence-corrected chi connectivity index (χ3v) is 3.12. The number of hydrogen-bond donors (Lipinski definition) is 0. The lowest BCUT2D eigenvalue weighted by Crippen LogP contribution is -2.08. The highest BCUT2D eigenvalue weighted by molar-refractivity contribution is 5.92. The number of fused-ring (bicyclic) bond motifs is 2. The van der Waals surface area contributed by atoms with Crippen LogP contribution in [0.4, 0.5) is 0 Å². The molecule has 0 bridgehead atoms. The number of esters is 1. The van der Waals surface area contributed by atoms with Gasteiger partial charge in [0.25, 0.3) is 0 Å². The number of nitrogens with zero attached hydrogens (tertiary/aromatic N) is 1. The van der Waals surface area contributed by atoms with Gasteiger partial charge in [-0.1, -0.05) is 0 Å². The van der Waals surface area contributed by atoms with Gasteiger partial charge >= 0.3 is 5.97 Å². The summed E-state index contributed by atoms with van der Waals surface area (Å²) in [7, 11) is 0. The molecule has 0 N–H and O–H groups in total. The maximum atomic E-state index is 12.1. The number of aromatic nitrogens is 1. The van der Waals surface area contributed by atoms with Crippen LogP contribution in [0.25, 0.3) is 11.1 Å². The first kappa shape index (κ1) is 11.8. The Balaban J connectivity index is 1.59. The molecule has 0 atom stereocenters. The Hall–Kier alpha value is -3.02. The molecule has 1 aromatic heterocycles. The lowest BCUT2D eigenvalue weighted by molar-refractivity contribution is 0.0734. The second kappa shape index (κ2) is 4.52. The summed E-state index contributed by atoms with van der Waals surface area (Å²) in [6.45, 7) is 0.163. The second-order valence-corrected chi connectivity index (χ2v) is 4.44. The van der Waals surface area contributed by atoms with Gasteiger partial charge < -0.3 is 18.6 Å². The van der Waals surface area contributed by atoms with Gasteiger partial charge in [-0.3, -0.25) is 0 Å². The van der Waals surface area contributed by atoms with E-state index in [4.69, 9.17) is 18.6 Å². The van der Waals surface area contributed by atoms with Crippen LogP contribution in [0.1, 0.15) is 10.4 Å². The van der Waals surface area contributed by atoms with Gasteiger partial charge in [-0.25, -0.2) is 9.78 Å². The van der Waals surface area contributed by atoms with Crippen LogP contribution in [0.15, 0.2) is 47.2 Å². The fourth-order valence-electron chi connectivity index (χ4n) is 2.09. The molecule has 3 aromatic rings. The van der Waals surface area contributed by atoms with Crippen molar-refractivity contribution >= 4 is 17.1 Å². The van der Waals surface area contributed by atoms with Gasteiger partial charge in [0.2, 0.25) is 6.79 Å². The molecule has 2 aromatic carbocycles.